The molecule has 92 valence electrons. The molecule has 0 bridgehead atoms. The number of benzene rings is 1. The monoisotopic (exact) mass is 233 g/mol. The van der Waals surface area contributed by atoms with Gasteiger partial charge in [0.15, 0.2) is 0 Å². The summed E-state index contributed by atoms with van der Waals surface area (Å²) in [5.41, 5.74) is 1.33. The molecule has 0 radical (unpaired) electrons. The second-order valence-corrected chi connectivity index (χ2v) is 5.04. The van der Waals surface area contributed by atoms with Crippen LogP contribution in [0.1, 0.15) is 18.4 Å². The number of ether oxygens (including phenoxy) is 2. The SMILES string of the molecule is c1ccc(COC2CC3(CNCCO3)C2)cc1. The van der Waals surface area contributed by atoms with Gasteiger partial charge in [-0.15, -0.1) is 0 Å². The van der Waals surface area contributed by atoms with Crippen molar-refractivity contribution in [2.24, 2.45) is 0 Å². The van der Waals surface area contributed by atoms with Gasteiger partial charge in [-0.25, -0.2) is 0 Å². The molecular formula is C14H19NO2. The van der Waals surface area contributed by atoms with Crippen LogP contribution in [0.5, 0.6) is 0 Å². The highest BCUT2D eigenvalue weighted by Crippen LogP contribution is 2.38. The van der Waals surface area contributed by atoms with Crippen molar-refractivity contribution < 1.29 is 9.47 Å². The first-order valence-corrected chi connectivity index (χ1v) is 6.37. The Bertz CT molecular complexity index is 352. The predicted molar refractivity (Wildman–Crippen MR) is 65.8 cm³/mol. The Labute approximate surface area is 102 Å². The lowest BCUT2D eigenvalue weighted by Crippen LogP contribution is -2.59. The van der Waals surface area contributed by atoms with E-state index >= 15 is 0 Å². The molecule has 1 heterocycles. The van der Waals surface area contributed by atoms with Gasteiger partial charge in [0.1, 0.15) is 0 Å². The second-order valence-electron chi connectivity index (χ2n) is 5.04. The summed E-state index contributed by atoms with van der Waals surface area (Å²) in [5.74, 6) is 0. The van der Waals surface area contributed by atoms with E-state index in [1.54, 1.807) is 0 Å². The van der Waals surface area contributed by atoms with E-state index in [1.807, 2.05) is 6.07 Å². The molecule has 1 saturated carbocycles. The minimum atomic E-state index is 0.0829. The Morgan fingerprint density at radius 1 is 1.29 bits per heavy atom. The molecule has 1 aromatic carbocycles. The number of hydrogen-bond acceptors (Lipinski definition) is 3. The molecule has 3 heteroatoms. The molecule has 17 heavy (non-hydrogen) atoms. The third-order valence-corrected chi connectivity index (χ3v) is 3.66. The van der Waals surface area contributed by atoms with Crippen LogP contribution < -0.4 is 5.32 Å². The molecule has 0 unspecified atom stereocenters. The molecule has 2 fully saturated rings. The Hall–Kier alpha value is -0.900. The Morgan fingerprint density at radius 3 is 2.82 bits per heavy atom. The van der Waals surface area contributed by atoms with Crippen molar-refractivity contribution in [2.75, 3.05) is 19.7 Å². The normalized spacial score (nSPS) is 32.4. The smallest absolute Gasteiger partial charge is 0.0856 e. The first kappa shape index (κ1) is 11.2. The zero-order chi connectivity index (χ0) is 11.6. The van der Waals surface area contributed by atoms with E-state index in [1.165, 1.54) is 5.56 Å². The Kier molecular flexibility index (Phi) is 3.14. The maximum Gasteiger partial charge on any atom is 0.0856 e. The number of morpholine rings is 1. The minimum Gasteiger partial charge on any atom is -0.373 e. The summed E-state index contributed by atoms with van der Waals surface area (Å²) in [4.78, 5) is 0. The molecule has 2 aliphatic rings. The fourth-order valence-electron chi connectivity index (χ4n) is 2.65. The van der Waals surface area contributed by atoms with Gasteiger partial charge in [0.25, 0.3) is 0 Å². The third kappa shape index (κ3) is 2.51. The van der Waals surface area contributed by atoms with E-state index < -0.39 is 0 Å². The molecule has 0 atom stereocenters. The maximum atomic E-state index is 5.88. The largest absolute Gasteiger partial charge is 0.373 e. The van der Waals surface area contributed by atoms with Gasteiger partial charge in [0.05, 0.1) is 24.9 Å². The lowest BCUT2D eigenvalue weighted by Gasteiger charge is -2.49. The van der Waals surface area contributed by atoms with E-state index in [2.05, 4.69) is 29.6 Å². The van der Waals surface area contributed by atoms with E-state index in [4.69, 9.17) is 9.47 Å². The lowest BCUT2D eigenvalue weighted by molar-refractivity contribution is -0.184. The van der Waals surface area contributed by atoms with Crippen molar-refractivity contribution in [2.45, 2.75) is 31.2 Å². The summed E-state index contributed by atoms with van der Waals surface area (Å²) < 4.78 is 11.7. The lowest BCUT2D eigenvalue weighted by atomic mass is 9.76. The van der Waals surface area contributed by atoms with Crippen LogP contribution in [0.3, 0.4) is 0 Å². The molecule has 3 nitrogen and oxygen atoms in total. The van der Waals surface area contributed by atoms with E-state index in [9.17, 15) is 0 Å². The molecular weight excluding hydrogens is 214 g/mol. The van der Waals surface area contributed by atoms with E-state index in [0.29, 0.717) is 6.10 Å². The fourth-order valence-corrected chi connectivity index (χ4v) is 2.65. The number of nitrogens with one attached hydrogen (secondary N) is 1. The van der Waals surface area contributed by atoms with Crippen molar-refractivity contribution in [1.29, 1.82) is 0 Å². The van der Waals surface area contributed by atoms with Crippen LogP contribution in [0.2, 0.25) is 0 Å². The minimum absolute atomic E-state index is 0.0829. The molecule has 1 N–H and O–H groups in total. The zero-order valence-corrected chi connectivity index (χ0v) is 10.0. The molecule has 1 aliphatic heterocycles. The van der Waals surface area contributed by atoms with Crippen molar-refractivity contribution >= 4 is 0 Å². The van der Waals surface area contributed by atoms with Gasteiger partial charge in [-0.2, -0.15) is 0 Å². The van der Waals surface area contributed by atoms with Gasteiger partial charge >= 0.3 is 0 Å². The van der Waals surface area contributed by atoms with Crippen LogP contribution in [0, 0.1) is 0 Å². The predicted octanol–water partition coefficient (Wildman–Crippen LogP) is 1.72. The van der Waals surface area contributed by atoms with Crippen LogP contribution in [-0.4, -0.2) is 31.4 Å². The topological polar surface area (TPSA) is 30.5 Å². The Balaban J connectivity index is 1.44. The number of hydrogen-bond donors (Lipinski definition) is 1. The highest BCUT2D eigenvalue weighted by molar-refractivity contribution is 5.13. The average Bonchev–Trinajstić information content (AvgIpc) is 2.36. The van der Waals surface area contributed by atoms with Crippen LogP contribution in [0.25, 0.3) is 0 Å². The molecule has 1 spiro atoms. The average molecular weight is 233 g/mol. The molecule has 0 aromatic heterocycles. The highest BCUT2D eigenvalue weighted by Gasteiger charge is 2.46. The van der Waals surface area contributed by atoms with Gasteiger partial charge in [-0.05, 0) is 5.56 Å². The third-order valence-electron chi connectivity index (χ3n) is 3.66. The second kappa shape index (κ2) is 4.77. The first-order chi connectivity index (χ1) is 8.36. The van der Waals surface area contributed by atoms with Crippen molar-refractivity contribution in [3.8, 4) is 0 Å². The maximum absolute atomic E-state index is 5.88. The molecule has 0 amide bonds. The Morgan fingerprint density at radius 2 is 2.12 bits per heavy atom. The zero-order valence-electron chi connectivity index (χ0n) is 10.0. The molecule has 1 aliphatic carbocycles. The first-order valence-electron chi connectivity index (χ1n) is 6.37. The van der Waals surface area contributed by atoms with Crippen molar-refractivity contribution in [3.05, 3.63) is 35.9 Å². The standard InChI is InChI=1S/C14H19NO2/c1-2-4-12(5-3-1)10-16-13-8-14(9-13)11-15-6-7-17-14/h1-5,13,15H,6-11H2. The van der Waals surface area contributed by atoms with Gasteiger partial charge < -0.3 is 14.8 Å². The summed E-state index contributed by atoms with van der Waals surface area (Å²) in [6.07, 6.45) is 2.44. The molecule has 1 aromatic rings. The van der Waals surface area contributed by atoms with E-state index in [-0.39, 0.29) is 5.60 Å². The highest BCUT2D eigenvalue weighted by atomic mass is 16.5. The van der Waals surface area contributed by atoms with Crippen LogP contribution in [0.4, 0.5) is 0 Å². The fraction of sp³-hybridized carbons (Fsp3) is 0.571. The van der Waals surface area contributed by atoms with Gasteiger partial charge in [-0.1, -0.05) is 30.3 Å². The molecule has 1 saturated heterocycles. The van der Waals surface area contributed by atoms with Crippen molar-refractivity contribution in [1.82, 2.24) is 5.32 Å². The van der Waals surface area contributed by atoms with Crippen LogP contribution in [0.15, 0.2) is 30.3 Å². The summed E-state index contributed by atoms with van der Waals surface area (Å²) in [6.45, 7) is 3.52. The summed E-state index contributed by atoms with van der Waals surface area (Å²) >= 11 is 0. The van der Waals surface area contributed by atoms with Crippen LogP contribution >= 0.6 is 0 Å². The quantitative estimate of drug-likeness (QED) is 0.862. The summed E-state index contributed by atoms with van der Waals surface area (Å²) in [6, 6.07) is 10.3. The van der Waals surface area contributed by atoms with Gasteiger partial charge in [0, 0.05) is 25.9 Å². The van der Waals surface area contributed by atoms with Crippen molar-refractivity contribution in [3.63, 3.8) is 0 Å². The summed E-state index contributed by atoms with van der Waals surface area (Å²) in [5, 5.41) is 3.39. The van der Waals surface area contributed by atoms with Gasteiger partial charge in [0.2, 0.25) is 0 Å². The number of rotatable bonds is 3. The van der Waals surface area contributed by atoms with Gasteiger partial charge in [-0.3, -0.25) is 0 Å². The van der Waals surface area contributed by atoms with E-state index in [0.717, 1.165) is 39.1 Å². The summed E-state index contributed by atoms with van der Waals surface area (Å²) in [7, 11) is 0. The van der Waals surface area contributed by atoms with Crippen LogP contribution in [-0.2, 0) is 16.1 Å². The molecule has 3 rings (SSSR count).